The summed E-state index contributed by atoms with van der Waals surface area (Å²) in [6.07, 6.45) is 1.60. The highest BCUT2D eigenvalue weighted by Gasteiger charge is 2.21. The Labute approximate surface area is 147 Å². The lowest BCUT2D eigenvalue weighted by Crippen LogP contribution is -2.23. The Bertz CT molecular complexity index is 803. The number of nitrogens with one attached hydrogen (secondary N) is 1. The zero-order valence-corrected chi connectivity index (χ0v) is 14.6. The molecule has 0 saturated heterocycles. The molecule has 0 radical (unpaired) electrons. The molecule has 0 spiro atoms. The zero-order chi connectivity index (χ0) is 18.4. The molecule has 25 heavy (non-hydrogen) atoms. The molecule has 4 nitrogen and oxygen atoms in total. The molecule has 0 aliphatic heterocycles. The number of anilines is 1. The van der Waals surface area contributed by atoms with Gasteiger partial charge in [0.15, 0.2) is 11.6 Å². The van der Waals surface area contributed by atoms with Gasteiger partial charge >= 0.3 is 0 Å². The van der Waals surface area contributed by atoms with E-state index in [2.05, 4.69) is 5.32 Å². The van der Waals surface area contributed by atoms with Crippen LogP contribution in [0.25, 0.3) is 6.08 Å². The van der Waals surface area contributed by atoms with E-state index in [4.69, 9.17) is 0 Å². The summed E-state index contributed by atoms with van der Waals surface area (Å²) in [7, 11) is 0. The van der Waals surface area contributed by atoms with Gasteiger partial charge in [-0.3, -0.25) is 14.4 Å². The van der Waals surface area contributed by atoms with Gasteiger partial charge in [-0.15, -0.1) is 0 Å². The quantitative estimate of drug-likeness (QED) is 0.373. The Kier molecular flexibility index (Phi) is 6.01. The third-order valence-electron chi connectivity index (χ3n) is 3.69. The van der Waals surface area contributed by atoms with Crippen molar-refractivity contribution in [1.82, 2.24) is 0 Å². The van der Waals surface area contributed by atoms with Gasteiger partial charge < -0.3 is 5.32 Å². The van der Waals surface area contributed by atoms with Crippen LogP contribution in [0.5, 0.6) is 0 Å². The molecular weight excluding hydrogens is 314 g/mol. The average Bonchev–Trinajstić information content (AvgIpc) is 2.60. The normalized spacial score (nSPS) is 11.3. The molecule has 0 fully saturated rings. The number of benzene rings is 2. The Morgan fingerprint density at radius 1 is 0.920 bits per heavy atom. The second-order valence-electron chi connectivity index (χ2n) is 6.08. The van der Waals surface area contributed by atoms with Crippen LogP contribution in [-0.2, 0) is 9.59 Å². The predicted molar refractivity (Wildman–Crippen MR) is 99.3 cm³/mol. The van der Waals surface area contributed by atoms with Crippen LogP contribution in [0.4, 0.5) is 5.69 Å². The number of hydrogen-bond donors (Lipinski definition) is 1. The van der Waals surface area contributed by atoms with E-state index in [9.17, 15) is 14.4 Å². The monoisotopic (exact) mass is 335 g/mol. The molecule has 1 N–H and O–H groups in total. The van der Waals surface area contributed by atoms with Gasteiger partial charge in [-0.05, 0) is 42.8 Å². The van der Waals surface area contributed by atoms with Gasteiger partial charge in [0.05, 0.1) is 5.57 Å². The summed E-state index contributed by atoms with van der Waals surface area (Å²) in [5.41, 5.74) is 1.99. The molecule has 0 heterocycles. The average molecular weight is 335 g/mol. The molecule has 0 bridgehead atoms. The SMILES string of the molecule is CC(=O)c1ccc(NC(=O)C(=Cc2ccccc2)C(=O)C(C)C)cc1. The number of hydrogen-bond acceptors (Lipinski definition) is 3. The maximum Gasteiger partial charge on any atom is 0.259 e. The third-order valence-corrected chi connectivity index (χ3v) is 3.69. The van der Waals surface area contributed by atoms with Gasteiger partial charge in [-0.1, -0.05) is 44.2 Å². The molecule has 0 aromatic heterocycles. The number of Topliss-reactive ketones (excluding diaryl/α,β-unsaturated/α-hetero) is 2. The van der Waals surface area contributed by atoms with Gasteiger partial charge in [0.2, 0.25) is 0 Å². The van der Waals surface area contributed by atoms with Gasteiger partial charge in [-0.2, -0.15) is 0 Å². The first-order valence-electron chi connectivity index (χ1n) is 8.12. The van der Waals surface area contributed by atoms with Crippen molar-refractivity contribution in [2.75, 3.05) is 5.32 Å². The van der Waals surface area contributed by atoms with E-state index in [-0.39, 0.29) is 23.1 Å². The number of carbonyl (C=O) groups excluding carboxylic acids is 3. The standard InChI is InChI=1S/C21H21NO3/c1-14(2)20(24)19(13-16-7-5-4-6-8-16)21(25)22-18-11-9-17(10-12-18)15(3)23/h4-14H,1-3H3,(H,22,25). The number of ketones is 2. The number of amides is 1. The van der Waals surface area contributed by atoms with Crippen LogP contribution in [0, 0.1) is 5.92 Å². The predicted octanol–water partition coefficient (Wildman–Crippen LogP) is 4.14. The second kappa shape index (κ2) is 8.20. The van der Waals surface area contributed by atoms with Crippen molar-refractivity contribution in [3.05, 3.63) is 71.3 Å². The van der Waals surface area contributed by atoms with Crippen LogP contribution < -0.4 is 5.32 Å². The minimum Gasteiger partial charge on any atom is -0.322 e. The van der Waals surface area contributed by atoms with Crippen molar-refractivity contribution in [2.45, 2.75) is 20.8 Å². The molecule has 128 valence electrons. The number of carbonyl (C=O) groups is 3. The first kappa shape index (κ1) is 18.3. The summed E-state index contributed by atoms with van der Waals surface area (Å²) in [5, 5.41) is 2.72. The second-order valence-corrected chi connectivity index (χ2v) is 6.08. The van der Waals surface area contributed by atoms with Gasteiger partial charge in [-0.25, -0.2) is 0 Å². The van der Waals surface area contributed by atoms with Crippen molar-refractivity contribution < 1.29 is 14.4 Å². The lowest BCUT2D eigenvalue weighted by Gasteiger charge is -2.11. The highest BCUT2D eigenvalue weighted by molar-refractivity contribution is 6.26. The molecule has 2 rings (SSSR count). The summed E-state index contributed by atoms with van der Waals surface area (Å²) in [5.74, 6) is -1.02. The van der Waals surface area contributed by atoms with E-state index in [0.717, 1.165) is 5.56 Å². The fraction of sp³-hybridized carbons (Fsp3) is 0.190. The topological polar surface area (TPSA) is 63.2 Å². The maximum absolute atomic E-state index is 12.6. The lowest BCUT2D eigenvalue weighted by atomic mass is 9.98. The first-order valence-corrected chi connectivity index (χ1v) is 8.12. The van der Waals surface area contributed by atoms with Crippen LogP contribution in [0.3, 0.4) is 0 Å². The first-order chi connectivity index (χ1) is 11.9. The van der Waals surface area contributed by atoms with Crippen molar-refractivity contribution in [3.8, 4) is 0 Å². The minimum absolute atomic E-state index is 0.0440. The fourth-order valence-corrected chi connectivity index (χ4v) is 2.26. The Balaban J connectivity index is 2.28. The molecule has 2 aromatic rings. The van der Waals surface area contributed by atoms with Gasteiger partial charge in [0, 0.05) is 17.2 Å². The Hall–Kier alpha value is -3.01. The van der Waals surface area contributed by atoms with E-state index in [1.165, 1.54) is 6.92 Å². The highest BCUT2D eigenvalue weighted by Crippen LogP contribution is 2.16. The summed E-state index contributed by atoms with van der Waals surface area (Å²) < 4.78 is 0. The molecule has 2 aromatic carbocycles. The van der Waals surface area contributed by atoms with Gasteiger partial charge in [0.1, 0.15) is 0 Å². The lowest BCUT2D eigenvalue weighted by molar-refractivity contribution is -0.121. The summed E-state index contributed by atoms with van der Waals surface area (Å²) in [6.45, 7) is 5.00. The largest absolute Gasteiger partial charge is 0.322 e. The van der Waals surface area contributed by atoms with Crippen molar-refractivity contribution in [2.24, 2.45) is 5.92 Å². The summed E-state index contributed by atoms with van der Waals surface area (Å²) >= 11 is 0. The molecule has 0 aliphatic carbocycles. The number of rotatable bonds is 6. The Morgan fingerprint density at radius 2 is 1.52 bits per heavy atom. The molecule has 1 amide bonds. The zero-order valence-electron chi connectivity index (χ0n) is 14.6. The molecule has 0 atom stereocenters. The molecule has 0 saturated carbocycles. The van der Waals surface area contributed by atoms with Crippen LogP contribution >= 0.6 is 0 Å². The summed E-state index contributed by atoms with van der Waals surface area (Å²) in [6, 6.07) is 15.8. The van der Waals surface area contributed by atoms with Crippen LogP contribution in [0.2, 0.25) is 0 Å². The minimum atomic E-state index is -0.460. The van der Waals surface area contributed by atoms with Crippen LogP contribution in [-0.4, -0.2) is 17.5 Å². The van der Waals surface area contributed by atoms with Crippen LogP contribution in [0.1, 0.15) is 36.7 Å². The van der Waals surface area contributed by atoms with E-state index < -0.39 is 5.91 Å². The van der Waals surface area contributed by atoms with E-state index in [0.29, 0.717) is 11.3 Å². The fourth-order valence-electron chi connectivity index (χ4n) is 2.26. The van der Waals surface area contributed by atoms with Crippen molar-refractivity contribution in [1.29, 1.82) is 0 Å². The van der Waals surface area contributed by atoms with E-state index >= 15 is 0 Å². The molecule has 0 unspecified atom stereocenters. The molecule has 0 aliphatic rings. The summed E-state index contributed by atoms with van der Waals surface area (Å²) in [4.78, 5) is 36.4. The van der Waals surface area contributed by atoms with Crippen molar-refractivity contribution >= 4 is 29.2 Å². The van der Waals surface area contributed by atoms with Crippen LogP contribution in [0.15, 0.2) is 60.2 Å². The van der Waals surface area contributed by atoms with Crippen molar-refractivity contribution in [3.63, 3.8) is 0 Å². The molecular formula is C21H21NO3. The van der Waals surface area contributed by atoms with E-state index in [1.807, 2.05) is 30.3 Å². The third kappa shape index (κ3) is 4.98. The van der Waals surface area contributed by atoms with Gasteiger partial charge in [0.25, 0.3) is 5.91 Å². The maximum atomic E-state index is 12.6. The van der Waals surface area contributed by atoms with E-state index in [1.54, 1.807) is 44.2 Å². The Morgan fingerprint density at radius 3 is 2.04 bits per heavy atom. The smallest absolute Gasteiger partial charge is 0.259 e. The highest BCUT2D eigenvalue weighted by atomic mass is 16.2. The molecule has 4 heteroatoms.